The van der Waals surface area contributed by atoms with Gasteiger partial charge in [-0.05, 0) is 62.9 Å². The van der Waals surface area contributed by atoms with Crippen LogP contribution in [-0.2, 0) is 29.1 Å². The van der Waals surface area contributed by atoms with Crippen LogP contribution in [0.1, 0.15) is 49.2 Å². The van der Waals surface area contributed by atoms with Gasteiger partial charge in [-0.1, -0.05) is 30.3 Å². The summed E-state index contributed by atoms with van der Waals surface area (Å²) in [5, 5.41) is 0. The average Bonchev–Trinajstić information content (AvgIpc) is 3.34. The van der Waals surface area contributed by atoms with Crippen LogP contribution < -0.4 is 9.64 Å². The molecule has 0 atom stereocenters. The van der Waals surface area contributed by atoms with Crippen LogP contribution in [0.2, 0.25) is 0 Å². The fraction of sp³-hybridized carbons (Fsp3) is 0.469. The Morgan fingerprint density at radius 1 is 0.975 bits per heavy atom. The molecule has 8 nitrogen and oxygen atoms in total. The first-order valence-electron chi connectivity index (χ1n) is 14.3. The average molecular weight is 546 g/mol. The predicted molar refractivity (Wildman–Crippen MR) is 159 cm³/mol. The molecule has 0 saturated carbocycles. The number of benzene rings is 2. The van der Waals surface area contributed by atoms with Gasteiger partial charge in [0.25, 0.3) is 0 Å². The van der Waals surface area contributed by atoms with Crippen molar-refractivity contribution >= 4 is 17.5 Å². The number of aromatic nitrogens is 2. The second-order valence-electron chi connectivity index (χ2n) is 10.9. The SMILES string of the molecule is COc1ccc(CC(=O)N2CCCN(C(C)C)CCN(C(=O)CCn3ccnc3C)Cc3cccc(C)c32)cc1. The standard InChI is InChI=1S/C32H43N5O3/c1-24(2)34-16-7-17-37(31(39)22-27-10-12-29(40-5)13-11-27)32-25(3)8-6-9-28(32)23-36(21-20-34)30(38)14-18-35-19-15-33-26(35)4/h6,8-13,15,19,24H,7,14,16-18,20-23H2,1-5H3. The van der Waals surface area contributed by atoms with Crippen molar-refractivity contribution < 1.29 is 14.3 Å². The molecule has 1 aliphatic heterocycles. The zero-order valence-electron chi connectivity index (χ0n) is 24.6. The topological polar surface area (TPSA) is 70.9 Å². The maximum Gasteiger partial charge on any atom is 0.231 e. The molecule has 4 rings (SSSR count). The maximum atomic E-state index is 13.9. The number of fused-ring (bicyclic) bond motifs is 1. The van der Waals surface area contributed by atoms with E-state index in [1.807, 2.05) is 57.8 Å². The van der Waals surface area contributed by atoms with Crippen LogP contribution in [0.25, 0.3) is 0 Å². The summed E-state index contributed by atoms with van der Waals surface area (Å²) in [6.45, 7) is 12.4. The van der Waals surface area contributed by atoms with Crippen molar-refractivity contribution in [1.82, 2.24) is 19.4 Å². The summed E-state index contributed by atoms with van der Waals surface area (Å²) in [5.74, 6) is 1.85. The highest BCUT2D eigenvalue weighted by Crippen LogP contribution is 2.29. The molecule has 0 unspecified atom stereocenters. The Morgan fingerprint density at radius 2 is 1.75 bits per heavy atom. The van der Waals surface area contributed by atoms with Gasteiger partial charge in [0.15, 0.2) is 0 Å². The molecule has 40 heavy (non-hydrogen) atoms. The predicted octanol–water partition coefficient (Wildman–Crippen LogP) is 4.62. The summed E-state index contributed by atoms with van der Waals surface area (Å²) in [7, 11) is 1.64. The van der Waals surface area contributed by atoms with Gasteiger partial charge in [-0.15, -0.1) is 0 Å². The van der Waals surface area contributed by atoms with E-state index in [0.717, 1.165) is 53.5 Å². The Morgan fingerprint density at radius 3 is 2.42 bits per heavy atom. The zero-order chi connectivity index (χ0) is 28.6. The Balaban J connectivity index is 1.63. The highest BCUT2D eigenvalue weighted by molar-refractivity contribution is 5.96. The molecular weight excluding hydrogens is 502 g/mol. The maximum absolute atomic E-state index is 13.9. The van der Waals surface area contributed by atoms with E-state index >= 15 is 0 Å². The van der Waals surface area contributed by atoms with E-state index in [0.29, 0.717) is 45.1 Å². The van der Waals surface area contributed by atoms with Gasteiger partial charge >= 0.3 is 0 Å². The minimum atomic E-state index is 0.0597. The molecule has 0 radical (unpaired) electrons. The van der Waals surface area contributed by atoms with Crippen molar-refractivity contribution in [3.63, 3.8) is 0 Å². The van der Waals surface area contributed by atoms with Crippen LogP contribution in [0.3, 0.4) is 0 Å². The Hall–Kier alpha value is -3.65. The third-order valence-corrected chi connectivity index (χ3v) is 7.83. The summed E-state index contributed by atoms with van der Waals surface area (Å²) in [6, 6.07) is 14.2. The van der Waals surface area contributed by atoms with Gasteiger partial charge in [0.1, 0.15) is 11.6 Å². The van der Waals surface area contributed by atoms with E-state index in [-0.39, 0.29) is 11.8 Å². The van der Waals surface area contributed by atoms with E-state index in [1.165, 1.54) is 0 Å². The number of anilines is 1. The highest BCUT2D eigenvalue weighted by Gasteiger charge is 2.25. The van der Waals surface area contributed by atoms with Gasteiger partial charge in [0.2, 0.25) is 11.8 Å². The highest BCUT2D eigenvalue weighted by atomic mass is 16.5. The van der Waals surface area contributed by atoms with Crippen LogP contribution in [0.4, 0.5) is 5.69 Å². The third kappa shape index (κ3) is 7.30. The number of rotatable bonds is 7. The van der Waals surface area contributed by atoms with Crippen molar-refractivity contribution in [1.29, 1.82) is 0 Å². The number of aryl methyl sites for hydroxylation is 3. The Bertz CT molecular complexity index is 1280. The first kappa shape index (κ1) is 29.3. The number of carbonyl (C=O) groups is 2. The summed E-state index contributed by atoms with van der Waals surface area (Å²) < 4.78 is 7.30. The Kier molecular flexibility index (Phi) is 9.98. The van der Waals surface area contributed by atoms with Gasteiger partial charge in [-0.25, -0.2) is 4.98 Å². The van der Waals surface area contributed by atoms with E-state index in [9.17, 15) is 9.59 Å². The van der Waals surface area contributed by atoms with Gasteiger partial charge in [0.05, 0.1) is 19.2 Å². The molecule has 2 amide bonds. The number of imidazole rings is 1. The first-order chi connectivity index (χ1) is 19.3. The van der Waals surface area contributed by atoms with Crippen LogP contribution in [0.5, 0.6) is 5.75 Å². The summed E-state index contributed by atoms with van der Waals surface area (Å²) in [4.78, 5) is 38.1. The molecule has 0 N–H and O–H groups in total. The summed E-state index contributed by atoms with van der Waals surface area (Å²) in [5.41, 5.74) is 3.93. The molecule has 0 bridgehead atoms. The molecule has 1 aromatic heterocycles. The number of ether oxygens (including phenoxy) is 1. The van der Waals surface area contributed by atoms with Crippen molar-refractivity contribution in [3.8, 4) is 5.75 Å². The van der Waals surface area contributed by atoms with Gasteiger partial charge < -0.3 is 19.1 Å². The number of hydrogen-bond acceptors (Lipinski definition) is 5. The third-order valence-electron chi connectivity index (χ3n) is 7.83. The molecule has 0 spiro atoms. The fourth-order valence-corrected chi connectivity index (χ4v) is 5.43. The molecule has 3 aromatic rings. The van der Waals surface area contributed by atoms with E-state index in [1.54, 1.807) is 13.3 Å². The molecule has 8 heteroatoms. The molecule has 0 saturated heterocycles. The largest absolute Gasteiger partial charge is 0.497 e. The lowest BCUT2D eigenvalue weighted by Gasteiger charge is -2.30. The van der Waals surface area contributed by atoms with Gasteiger partial charge in [0, 0.05) is 64.1 Å². The van der Waals surface area contributed by atoms with Crippen LogP contribution in [0.15, 0.2) is 54.9 Å². The van der Waals surface area contributed by atoms with Crippen LogP contribution in [0, 0.1) is 13.8 Å². The smallest absolute Gasteiger partial charge is 0.231 e. The number of amides is 2. The lowest BCUT2D eigenvalue weighted by molar-refractivity contribution is -0.132. The second-order valence-corrected chi connectivity index (χ2v) is 10.9. The van der Waals surface area contributed by atoms with Crippen molar-refractivity contribution in [2.24, 2.45) is 0 Å². The van der Waals surface area contributed by atoms with Crippen LogP contribution >= 0.6 is 0 Å². The summed E-state index contributed by atoms with van der Waals surface area (Å²) in [6.07, 6.45) is 5.25. The molecular formula is C32H43N5O3. The second kappa shape index (κ2) is 13.6. The van der Waals surface area contributed by atoms with Crippen LogP contribution in [-0.4, -0.2) is 70.5 Å². The first-order valence-corrected chi connectivity index (χ1v) is 14.3. The lowest BCUT2D eigenvalue weighted by Crippen LogP contribution is -2.41. The van der Waals surface area contributed by atoms with Gasteiger partial charge in [-0.2, -0.15) is 0 Å². The number of para-hydroxylation sites is 1. The minimum Gasteiger partial charge on any atom is -0.497 e. The molecule has 214 valence electrons. The molecule has 2 heterocycles. The summed E-state index contributed by atoms with van der Waals surface area (Å²) >= 11 is 0. The van der Waals surface area contributed by atoms with Crippen molar-refractivity contribution in [2.45, 2.75) is 66.1 Å². The van der Waals surface area contributed by atoms with E-state index in [4.69, 9.17) is 4.74 Å². The molecule has 0 aliphatic carbocycles. The quantitative estimate of drug-likeness (QED) is 0.434. The number of methoxy groups -OCH3 is 1. The minimum absolute atomic E-state index is 0.0597. The van der Waals surface area contributed by atoms with E-state index < -0.39 is 0 Å². The molecule has 0 fully saturated rings. The lowest BCUT2D eigenvalue weighted by atomic mass is 10.0. The molecule has 2 aromatic carbocycles. The van der Waals surface area contributed by atoms with Crippen molar-refractivity contribution in [2.75, 3.05) is 38.2 Å². The molecule has 1 aliphatic rings. The fourth-order valence-electron chi connectivity index (χ4n) is 5.43. The number of carbonyl (C=O) groups excluding carboxylic acids is 2. The van der Waals surface area contributed by atoms with Crippen molar-refractivity contribution in [3.05, 3.63) is 77.4 Å². The van der Waals surface area contributed by atoms with Gasteiger partial charge in [-0.3, -0.25) is 14.5 Å². The Labute approximate surface area is 238 Å². The normalized spacial score (nSPS) is 15.1. The zero-order valence-corrected chi connectivity index (χ0v) is 24.6. The van der Waals surface area contributed by atoms with E-state index in [2.05, 4.69) is 42.8 Å². The number of nitrogens with zero attached hydrogens (tertiary/aromatic N) is 5. The number of hydrogen-bond donors (Lipinski definition) is 0. The monoisotopic (exact) mass is 545 g/mol.